The lowest BCUT2D eigenvalue weighted by atomic mass is 10.1. The van der Waals surface area contributed by atoms with E-state index < -0.39 is 0 Å². The first-order valence-electron chi connectivity index (χ1n) is 8.31. The maximum Gasteiger partial charge on any atom is 0.241 e. The molecule has 0 spiro atoms. The average molecular weight is 388 g/mol. The third-order valence-corrected chi connectivity index (χ3v) is 4.59. The smallest absolute Gasteiger partial charge is 0.241 e. The van der Waals surface area contributed by atoms with Crippen LogP contribution < -0.4 is 14.8 Å². The SMILES string of the molecule is COc1ccc(CN(C)C(C)C(=O)Nc2ccc(C#N)c(Cl)c2)cc1OC. The number of nitriles is 1. The molecule has 1 unspecified atom stereocenters. The van der Waals surface area contributed by atoms with Crippen LogP contribution in [-0.2, 0) is 11.3 Å². The molecule has 2 aromatic rings. The third-order valence-electron chi connectivity index (χ3n) is 4.28. The molecule has 7 heteroatoms. The molecule has 0 bridgehead atoms. The number of amides is 1. The van der Waals surface area contributed by atoms with E-state index >= 15 is 0 Å². The molecule has 0 saturated heterocycles. The molecule has 0 aliphatic rings. The standard InChI is InChI=1S/C20H22ClN3O3/c1-13(20(25)23-16-7-6-15(11-22)17(21)10-16)24(2)12-14-5-8-18(26-3)19(9-14)27-4/h5-10,13H,12H2,1-4H3,(H,23,25). The summed E-state index contributed by atoms with van der Waals surface area (Å²) in [6.07, 6.45) is 0. The number of hydrogen-bond acceptors (Lipinski definition) is 5. The summed E-state index contributed by atoms with van der Waals surface area (Å²) < 4.78 is 10.6. The van der Waals surface area contributed by atoms with E-state index in [9.17, 15) is 4.79 Å². The van der Waals surface area contributed by atoms with Crippen LogP contribution in [0.25, 0.3) is 0 Å². The lowest BCUT2D eigenvalue weighted by molar-refractivity contribution is -0.120. The summed E-state index contributed by atoms with van der Waals surface area (Å²) >= 11 is 6.01. The maximum atomic E-state index is 12.5. The van der Waals surface area contributed by atoms with Crippen molar-refractivity contribution in [1.82, 2.24) is 4.90 Å². The van der Waals surface area contributed by atoms with Crippen molar-refractivity contribution in [3.8, 4) is 17.6 Å². The quantitative estimate of drug-likeness (QED) is 0.784. The van der Waals surface area contributed by atoms with Crippen molar-refractivity contribution in [2.75, 3.05) is 26.6 Å². The minimum atomic E-state index is -0.382. The number of nitrogens with one attached hydrogen (secondary N) is 1. The highest BCUT2D eigenvalue weighted by Gasteiger charge is 2.19. The topological polar surface area (TPSA) is 74.6 Å². The van der Waals surface area contributed by atoms with Crippen LogP contribution in [0.15, 0.2) is 36.4 Å². The number of benzene rings is 2. The van der Waals surface area contributed by atoms with Crippen LogP contribution in [0, 0.1) is 11.3 Å². The average Bonchev–Trinajstić information content (AvgIpc) is 2.67. The number of carbonyl (C=O) groups is 1. The Labute approximate surface area is 164 Å². The molecule has 2 rings (SSSR count). The molecule has 0 fully saturated rings. The van der Waals surface area contributed by atoms with Crippen LogP contribution in [0.2, 0.25) is 5.02 Å². The van der Waals surface area contributed by atoms with Gasteiger partial charge in [0.05, 0.1) is 30.8 Å². The fraction of sp³-hybridized carbons (Fsp3) is 0.300. The van der Waals surface area contributed by atoms with Gasteiger partial charge in [-0.25, -0.2) is 0 Å². The first-order valence-corrected chi connectivity index (χ1v) is 8.69. The summed E-state index contributed by atoms with van der Waals surface area (Å²) in [6, 6.07) is 12.1. The lowest BCUT2D eigenvalue weighted by Gasteiger charge is -2.24. The number of hydrogen-bond donors (Lipinski definition) is 1. The minimum Gasteiger partial charge on any atom is -0.493 e. The van der Waals surface area contributed by atoms with Gasteiger partial charge in [0.15, 0.2) is 11.5 Å². The van der Waals surface area contributed by atoms with Gasteiger partial charge in [0.1, 0.15) is 6.07 Å². The Morgan fingerprint density at radius 2 is 1.93 bits per heavy atom. The van der Waals surface area contributed by atoms with Gasteiger partial charge in [-0.2, -0.15) is 5.26 Å². The van der Waals surface area contributed by atoms with Crippen molar-refractivity contribution in [3.63, 3.8) is 0 Å². The number of likely N-dealkylation sites (N-methyl/N-ethyl adjacent to an activating group) is 1. The van der Waals surface area contributed by atoms with Gasteiger partial charge in [0.2, 0.25) is 5.91 Å². The van der Waals surface area contributed by atoms with Crippen molar-refractivity contribution >= 4 is 23.2 Å². The molecule has 2 aromatic carbocycles. The fourth-order valence-corrected chi connectivity index (χ4v) is 2.76. The highest BCUT2D eigenvalue weighted by atomic mass is 35.5. The highest BCUT2D eigenvalue weighted by molar-refractivity contribution is 6.32. The molecule has 0 aliphatic heterocycles. The van der Waals surface area contributed by atoms with Gasteiger partial charge in [0, 0.05) is 12.2 Å². The molecule has 1 N–H and O–H groups in total. The van der Waals surface area contributed by atoms with Crippen molar-refractivity contribution in [2.24, 2.45) is 0 Å². The van der Waals surface area contributed by atoms with Gasteiger partial charge >= 0.3 is 0 Å². The van der Waals surface area contributed by atoms with Gasteiger partial charge in [-0.15, -0.1) is 0 Å². The predicted molar refractivity (Wildman–Crippen MR) is 105 cm³/mol. The molecule has 142 valence electrons. The normalized spacial score (nSPS) is 11.6. The second-order valence-corrected chi connectivity index (χ2v) is 6.48. The third kappa shape index (κ3) is 5.13. The first kappa shape index (κ1) is 20.6. The molecule has 0 heterocycles. The molecule has 0 radical (unpaired) electrons. The Hall–Kier alpha value is -2.75. The largest absolute Gasteiger partial charge is 0.493 e. The molecule has 6 nitrogen and oxygen atoms in total. The van der Waals surface area contributed by atoms with Crippen LogP contribution >= 0.6 is 11.6 Å². The van der Waals surface area contributed by atoms with E-state index in [0.717, 1.165) is 5.56 Å². The second-order valence-electron chi connectivity index (χ2n) is 6.08. The van der Waals surface area contributed by atoms with E-state index in [0.29, 0.717) is 34.3 Å². The number of anilines is 1. The second kappa shape index (κ2) is 9.26. The molecule has 0 aliphatic carbocycles. The number of ether oxygens (including phenoxy) is 2. The van der Waals surface area contributed by atoms with Crippen molar-refractivity contribution in [3.05, 3.63) is 52.5 Å². The van der Waals surface area contributed by atoms with Crippen LogP contribution in [-0.4, -0.2) is 38.1 Å². The summed E-state index contributed by atoms with van der Waals surface area (Å²) in [5.41, 5.74) is 1.92. The van der Waals surface area contributed by atoms with Gasteiger partial charge in [-0.3, -0.25) is 9.69 Å². The first-order chi connectivity index (χ1) is 12.9. The van der Waals surface area contributed by atoms with E-state index in [2.05, 4.69) is 5.32 Å². The zero-order chi connectivity index (χ0) is 20.0. The van der Waals surface area contributed by atoms with Crippen LogP contribution in [0.4, 0.5) is 5.69 Å². The van der Waals surface area contributed by atoms with Crippen molar-refractivity contribution in [2.45, 2.75) is 19.5 Å². The maximum absolute atomic E-state index is 12.5. The van der Waals surface area contributed by atoms with Gasteiger partial charge < -0.3 is 14.8 Å². The molecule has 27 heavy (non-hydrogen) atoms. The van der Waals surface area contributed by atoms with Crippen LogP contribution in [0.5, 0.6) is 11.5 Å². The van der Waals surface area contributed by atoms with Gasteiger partial charge in [-0.1, -0.05) is 17.7 Å². The van der Waals surface area contributed by atoms with E-state index in [1.807, 2.05) is 43.1 Å². The van der Waals surface area contributed by atoms with Crippen LogP contribution in [0.1, 0.15) is 18.1 Å². The number of halogens is 1. The van der Waals surface area contributed by atoms with E-state index in [-0.39, 0.29) is 11.9 Å². The van der Waals surface area contributed by atoms with E-state index in [4.69, 9.17) is 26.3 Å². The van der Waals surface area contributed by atoms with E-state index in [1.54, 1.807) is 32.4 Å². The number of carbonyl (C=O) groups excluding carboxylic acids is 1. The Balaban J connectivity index is 2.04. The van der Waals surface area contributed by atoms with Gasteiger partial charge in [0.25, 0.3) is 0 Å². The Bertz CT molecular complexity index is 864. The van der Waals surface area contributed by atoms with E-state index in [1.165, 1.54) is 0 Å². The molecule has 1 atom stereocenters. The summed E-state index contributed by atoms with van der Waals surface area (Å²) in [6.45, 7) is 2.38. The predicted octanol–water partition coefficient (Wildman–Crippen LogP) is 3.69. The molecule has 1 amide bonds. The number of methoxy groups -OCH3 is 2. The fourth-order valence-electron chi connectivity index (χ4n) is 2.53. The molecular weight excluding hydrogens is 366 g/mol. The molecule has 0 saturated carbocycles. The minimum absolute atomic E-state index is 0.168. The summed E-state index contributed by atoms with van der Waals surface area (Å²) in [5, 5.41) is 12.0. The molecule has 0 aromatic heterocycles. The zero-order valence-electron chi connectivity index (χ0n) is 15.7. The summed E-state index contributed by atoms with van der Waals surface area (Å²) in [7, 11) is 5.04. The highest BCUT2D eigenvalue weighted by Crippen LogP contribution is 2.28. The zero-order valence-corrected chi connectivity index (χ0v) is 16.5. The number of rotatable bonds is 7. The molecular formula is C20H22ClN3O3. The Morgan fingerprint density at radius 3 is 2.52 bits per heavy atom. The van der Waals surface area contributed by atoms with Crippen molar-refractivity contribution < 1.29 is 14.3 Å². The monoisotopic (exact) mass is 387 g/mol. The van der Waals surface area contributed by atoms with Gasteiger partial charge in [-0.05, 0) is 49.9 Å². The Kier molecular flexibility index (Phi) is 7.05. The summed E-state index contributed by atoms with van der Waals surface area (Å²) in [5.74, 6) is 1.14. The number of nitrogens with zero attached hydrogens (tertiary/aromatic N) is 2. The lowest BCUT2D eigenvalue weighted by Crippen LogP contribution is -2.39. The Morgan fingerprint density at radius 1 is 1.22 bits per heavy atom. The van der Waals surface area contributed by atoms with Crippen LogP contribution in [0.3, 0.4) is 0 Å². The summed E-state index contributed by atoms with van der Waals surface area (Å²) in [4.78, 5) is 14.4. The van der Waals surface area contributed by atoms with Crippen molar-refractivity contribution in [1.29, 1.82) is 5.26 Å².